The van der Waals surface area contributed by atoms with Crippen molar-refractivity contribution in [3.63, 3.8) is 0 Å². The smallest absolute Gasteiger partial charge is 0.183 e. The zero-order valence-corrected chi connectivity index (χ0v) is 11.5. The van der Waals surface area contributed by atoms with Crippen LogP contribution in [0.2, 0.25) is 0 Å². The molecule has 16 heavy (non-hydrogen) atoms. The van der Waals surface area contributed by atoms with E-state index < -0.39 is 0 Å². The van der Waals surface area contributed by atoms with E-state index in [0.29, 0.717) is 11.8 Å². The molecule has 2 atom stereocenters. The number of nitrogens with zero attached hydrogens (tertiary/aromatic N) is 1. The molecule has 1 aliphatic carbocycles. The molecule has 2 unspecified atom stereocenters. The van der Waals surface area contributed by atoms with Gasteiger partial charge in [-0.15, -0.1) is 11.3 Å². The molecule has 0 aromatic carbocycles. The first-order chi connectivity index (χ1) is 7.58. The van der Waals surface area contributed by atoms with Crippen molar-refractivity contribution in [3.05, 3.63) is 10.6 Å². The third-order valence-corrected chi connectivity index (χ3v) is 4.59. The van der Waals surface area contributed by atoms with Crippen LogP contribution in [-0.4, -0.2) is 11.5 Å². The Kier molecular flexibility index (Phi) is 3.53. The van der Waals surface area contributed by atoms with Crippen LogP contribution in [-0.2, 0) is 6.42 Å². The van der Waals surface area contributed by atoms with Gasteiger partial charge in [0.05, 0.1) is 5.69 Å². The molecule has 1 aromatic rings. The van der Waals surface area contributed by atoms with Gasteiger partial charge in [0, 0.05) is 17.3 Å². The van der Waals surface area contributed by atoms with Crippen LogP contribution in [0.5, 0.6) is 0 Å². The first-order valence-corrected chi connectivity index (χ1v) is 7.13. The van der Waals surface area contributed by atoms with Crippen molar-refractivity contribution in [1.82, 2.24) is 4.98 Å². The highest BCUT2D eigenvalue weighted by Gasteiger charge is 2.26. The standard InChI is InChI=1S/C13H22N2S/c1-8(2)7-14-13-15-12-10(4)9(3)5-6-11(12)16-13/h8-10H,5-7H2,1-4H3,(H,14,15). The minimum atomic E-state index is 0.634. The Morgan fingerprint density at radius 1 is 1.44 bits per heavy atom. The summed E-state index contributed by atoms with van der Waals surface area (Å²) in [6, 6.07) is 0. The molecule has 0 saturated carbocycles. The van der Waals surface area contributed by atoms with E-state index >= 15 is 0 Å². The minimum absolute atomic E-state index is 0.634. The Morgan fingerprint density at radius 2 is 2.19 bits per heavy atom. The second-order valence-electron chi connectivity index (χ2n) is 5.41. The number of nitrogens with one attached hydrogen (secondary N) is 1. The van der Waals surface area contributed by atoms with Gasteiger partial charge in [0.2, 0.25) is 0 Å². The molecular weight excluding hydrogens is 216 g/mol. The highest BCUT2D eigenvalue weighted by Crippen LogP contribution is 2.39. The lowest BCUT2D eigenvalue weighted by molar-refractivity contribution is 0.422. The second-order valence-corrected chi connectivity index (χ2v) is 6.49. The topological polar surface area (TPSA) is 24.9 Å². The lowest BCUT2D eigenvalue weighted by Crippen LogP contribution is -2.15. The molecule has 0 bridgehead atoms. The predicted molar refractivity (Wildman–Crippen MR) is 71.3 cm³/mol. The SMILES string of the molecule is CC(C)CNc1nc2c(s1)CCC(C)C2C. The van der Waals surface area contributed by atoms with Gasteiger partial charge in [-0.05, 0) is 24.7 Å². The van der Waals surface area contributed by atoms with Crippen LogP contribution < -0.4 is 5.32 Å². The summed E-state index contributed by atoms with van der Waals surface area (Å²) in [5.74, 6) is 2.10. The van der Waals surface area contributed by atoms with Crippen molar-refractivity contribution >= 4 is 16.5 Å². The van der Waals surface area contributed by atoms with Crippen LogP contribution in [0.15, 0.2) is 0 Å². The minimum Gasteiger partial charge on any atom is -0.361 e. The molecule has 0 amide bonds. The van der Waals surface area contributed by atoms with E-state index in [2.05, 4.69) is 33.0 Å². The molecule has 90 valence electrons. The Bertz CT molecular complexity index is 357. The maximum atomic E-state index is 4.76. The lowest BCUT2D eigenvalue weighted by Gasteiger charge is -2.24. The Morgan fingerprint density at radius 3 is 2.88 bits per heavy atom. The molecule has 1 aromatic heterocycles. The number of aromatic nitrogens is 1. The van der Waals surface area contributed by atoms with E-state index in [1.807, 2.05) is 11.3 Å². The van der Waals surface area contributed by atoms with Gasteiger partial charge in [0.1, 0.15) is 0 Å². The van der Waals surface area contributed by atoms with Crippen molar-refractivity contribution in [2.24, 2.45) is 11.8 Å². The molecule has 3 heteroatoms. The number of hydrogen-bond donors (Lipinski definition) is 1. The molecule has 0 fully saturated rings. The number of fused-ring (bicyclic) bond motifs is 1. The van der Waals surface area contributed by atoms with Crippen LogP contribution in [0.25, 0.3) is 0 Å². The zero-order chi connectivity index (χ0) is 11.7. The fraction of sp³-hybridized carbons (Fsp3) is 0.769. The van der Waals surface area contributed by atoms with E-state index in [1.165, 1.54) is 23.4 Å². The molecule has 0 saturated heterocycles. The summed E-state index contributed by atoms with van der Waals surface area (Å²) < 4.78 is 0. The lowest BCUT2D eigenvalue weighted by atomic mass is 9.83. The maximum Gasteiger partial charge on any atom is 0.183 e. The molecule has 1 aliphatic rings. The van der Waals surface area contributed by atoms with Crippen LogP contribution in [0, 0.1) is 11.8 Å². The summed E-state index contributed by atoms with van der Waals surface area (Å²) >= 11 is 1.86. The predicted octanol–water partition coefficient (Wildman–Crippen LogP) is 3.90. The summed E-state index contributed by atoms with van der Waals surface area (Å²) in [4.78, 5) is 6.27. The Hall–Kier alpha value is -0.570. The number of rotatable bonds is 3. The van der Waals surface area contributed by atoms with Crippen LogP contribution in [0.4, 0.5) is 5.13 Å². The summed E-state index contributed by atoms with van der Waals surface area (Å²) in [5, 5.41) is 4.57. The van der Waals surface area contributed by atoms with E-state index in [0.717, 1.165) is 17.6 Å². The summed E-state index contributed by atoms with van der Waals surface area (Å²) in [6.45, 7) is 10.1. The van der Waals surface area contributed by atoms with Crippen molar-refractivity contribution in [2.75, 3.05) is 11.9 Å². The van der Waals surface area contributed by atoms with Gasteiger partial charge in [-0.25, -0.2) is 4.98 Å². The third kappa shape index (κ3) is 2.40. The monoisotopic (exact) mass is 238 g/mol. The second kappa shape index (κ2) is 4.74. The van der Waals surface area contributed by atoms with E-state index in [1.54, 1.807) is 0 Å². The van der Waals surface area contributed by atoms with Crippen molar-refractivity contribution in [3.8, 4) is 0 Å². The van der Waals surface area contributed by atoms with Gasteiger partial charge >= 0.3 is 0 Å². The van der Waals surface area contributed by atoms with Crippen LogP contribution >= 0.6 is 11.3 Å². The summed E-state index contributed by atoms with van der Waals surface area (Å²) in [5.41, 5.74) is 1.36. The van der Waals surface area contributed by atoms with Crippen LogP contribution in [0.1, 0.15) is 50.6 Å². The normalized spacial score (nSPS) is 24.6. The van der Waals surface area contributed by atoms with Crippen LogP contribution in [0.3, 0.4) is 0 Å². The largest absolute Gasteiger partial charge is 0.361 e. The van der Waals surface area contributed by atoms with Gasteiger partial charge in [0.25, 0.3) is 0 Å². The summed E-state index contributed by atoms with van der Waals surface area (Å²) in [6.07, 6.45) is 2.54. The van der Waals surface area contributed by atoms with Gasteiger partial charge in [-0.3, -0.25) is 0 Å². The molecule has 2 nitrogen and oxygen atoms in total. The first kappa shape index (κ1) is 11.9. The fourth-order valence-electron chi connectivity index (χ4n) is 2.14. The quantitative estimate of drug-likeness (QED) is 0.864. The molecular formula is C13H22N2S. The number of aryl methyl sites for hydroxylation is 1. The number of hydrogen-bond acceptors (Lipinski definition) is 3. The Balaban J connectivity index is 2.11. The summed E-state index contributed by atoms with van der Waals surface area (Å²) in [7, 11) is 0. The van der Waals surface area contributed by atoms with Gasteiger partial charge < -0.3 is 5.32 Å². The van der Waals surface area contributed by atoms with Gasteiger partial charge in [-0.1, -0.05) is 27.7 Å². The van der Waals surface area contributed by atoms with E-state index in [4.69, 9.17) is 4.98 Å². The molecule has 0 spiro atoms. The van der Waals surface area contributed by atoms with Crippen molar-refractivity contribution in [2.45, 2.75) is 46.5 Å². The molecule has 0 aliphatic heterocycles. The fourth-order valence-corrected chi connectivity index (χ4v) is 3.23. The van der Waals surface area contributed by atoms with Gasteiger partial charge in [0.15, 0.2) is 5.13 Å². The highest BCUT2D eigenvalue weighted by atomic mass is 32.1. The first-order valence-electron chi connectivity index (χ1n) is 6.31. The highest BCUT2D eigenvalue weighted by molar-refractivity contribution is 7.15. The number of thiazole rings is 1. The van der Waals surface area contributed by atoms with E-state index in [9.17, 15) is 0 Å². The number of anilines is 1. The van der Waals surface area contributed by atoms with Crippen molar-refractivity contribution < 1.29 is 0 Å². The van der Waals surface area contributed by atoms with Gasteiger partial charge in [-0.2, -0.15) is 0 Å². The zero-order valence-electron chi connectivity index (χ0n) is 10.7. The third-order valence-electron chi connectivity index (χ3n) is 3.50. The molecule has 1 N–H and O–H groups in total. The molecule has 2 rings (SSSR count). The average Bonchev–Trinajstić information content (AvgIpc) is 2.64. The maximum absolute atomic E-state index is 4.76. The molecule has 0 radical (unpaired) electrons. The molecule has 1 heterocycles. The van der Waals surface area contributed by atoms with Crippen molar-refractivity contribution in [1.29, 1.82) is 0 Å². The average molecular weight is 238 g/mol. The Labute approximate surface area is 102 Å². The van der Waals surface area contributed by atoms with E-state index in [-0.39, 0.29) is 0 Å².